The van der Waals surface area contributed by atoms with Crippen molar-refractivity contribution in [3.05, 3.63) is 46.7 Å². The molecule has 0 unspecified atom stereocenters. The summed E-state index contributed by atoms with van der Waals surface area (Å²) in [7, 11) is 0. The van der Waals surface area contributed by atoms with Gasteiger partial charge in [-0.2, -0.15) is 11.8 Å². The molecule has 0 amide bonds. The van der Waals surface area contributed by atoms with E-state index in [1.807, 2.05) is 23.9 Å². The van der Waals surface area contributed by atoms with Crippen molar-refractivity contribution in [2.75, 3.05) is 18.1 Å². The summed E-state index contributed by atoms with van der Waals surface area (Å²) in [6.07, 6.45) is 1.89. The molecule has 0 aliphatic carbocycles. The van der Waals surface area contributed by atoms with E-state index in [4.69, 9.17) is 0 Å². The first-order valence-corrected chi connectivity index (χ1v) is 7.02. The summed E-state index contributed by atoms with van der Waals surface area (Å²) in [4.78, 5) is 0. The van der Waals surface area contributed by atoms with Crippen molar-refractivity contribution in [3.63, 3.8) is 0 Å². The van der Waals surface area contributed by atoms with E-state index in [-0.39, 0.29) is 18.2 Å². The van der Waals surface area contributed by atoms with Crippen LogP contribution in [-0.2, 0) is 6.54 Å². The average Bonchev–Trinajstić information content (AvgIpc) is 2.26. The lowest BCUT2D eigenvalue weighted by atomic mass is 10.2. The van der Waals surface area contributed by atoms with Gasteiger partial charge in [0, 0.05) is 34.6 Å². The highest BCUT2D eigenvalue weighted by molar-refractivity contribution is 9.10. The Morgan fingerprint density at radius 2 is 2.24 bits per heavy atom. The molecule has 1 nitrogen and oxygen atoms in total. The summed E-state index contributed by atoms with van der Waals surface area (Å²) in [6, 6.07) is 5.14. The smallest absolute Gasteiger partial charge is 0.128 e. The monoisotopic (exact) mass is 339 g/mol. The molecule has 1 aromatic carbocycles. The van der Waals surface area contributed by atoms with Crippen molar-refractivity contribution in [2.45, 2.75) is 6.54 Å². The van der Waals surface area contributed by atoms with Gasteiger partial charge in [0.2, 0.25) is 0 Å². The number of thioether (sulfide) groups is 1. The van der Waals surface area contributed by atoms with Crippen LogP contribution < -0.4 is 5.32 Å². The minimum absolute atomic E-state index is 0. The van der Waals surface area contributed by atoms with Gasteiger partial charge in [0.1, 0.15) is 5.82 Å². The first-order chi connectivity index (χ1) is 7.74. The number of nitrogens with one attached hydrogen (secondary N) is 1. The highest BCUT2D eigenvalue weighted by Gasteiger charge is 2.01. The first-order valence-electron chi connectivity index (χ1n) is 5.07. The normalized spacial score (nSPS) is 9.76. The van der Waals surface area contributed by atoms with Crippen LogP contribution in [0.5, 0.6) is 0 Å². The maximum Gasteiger partial charge on any atom is 0.128 e. The molecule has 0 saturated carbocycles. The van der Waals surface area contributed by atoms with Crippen molar-refractivity contribution in [1.82, 2.24) is 5.32 Å². The van der Waals surface area contributed by atoms with Crippen LogP contribution in [0.1, 0.15) is 5.56 Å². The predicted molar refractivity (Wildman–Crippen MR) is 80.6 cm³/mol. The highest BCUT2D eigenvalue weighted by Crippen LogP contribution is 2.14. The van der Waals surface area contributed by atoms with Gasteiger partial charge in [-0.3, -0.25) is 0 Å². The van der Waals surface area contributed by atoms with Crippen LogP contribution >= 0.6 is 40.1 Å². The van der Waals surface area contributed by atoms with Gasteiger partial charge in [0.05, 0.1) is 0 Å². The fourth-order valence-electron chi connectivity index (χ4n) is 1.20. The van der Waals surface area contributed by atoms with E-state index in [9.17, 15) is 4.39 Å². The largest absolute Gasteiger partial charge is 0.312 e. The fraction of sp³-hybridized carbons (Fsp3) is 0.333. The van der Waals surface area contributed by atoms with Crippen molar-refractivity contribution in [2.24, 2.45) is 0 Å². The highest BCUT2D eigenvalue weighted by atomic mass is 79.9. The first kappa shape index (κ1) is 17.0. The summed E-state index contributed by atoms with van der Waals surface area (Å²) in [5.41, 5.74) is 0.705. The third-order valence-electron chi connectivity index (χ3n) is 1.99. The summed E-state index contributed by atoms with van der Waals surface area (Å²) >= 11 is 5.05. The van der Waals surface area contributed by atoms with Crippen LogP contribution in [0.15, 0.2) is 35.3 Å². The van der Waals surface area contributed by atoms with Gasteiger partial charge in [-0.05, 0) is 12.1 Å². The Hall–Kier alpha value is -0.0300. The Balaban J connectivity index is 0.00000256. The number of halogens is 3. The molecule has 0 radical (unpaired) electrons. The maximum absolute atomic E-state index is 13.4. The van der Waals surface area contributed by atoms with Crippen molar-refractivity contribution >= 4 is 40.1 Å². The molecule has 17 heavy (non-hydrogen) atoms. The van der Waals surface area contributed by atoms with Gasteiger partial charge in [0.25, 0.3) is 0 Å². The van der Waals surface area contributed by atoms with E-state index in [1.54, 1.807) is 6.07 Å². The van der Waals surface area contributed by atoms with Gasteiger partial charge in [-0.1, -0.05) is 28.1 Å². The Bertz CT molecular complexity index is 349. The fourth-order valence-corrected chi connectivity index (χ4v) is 2.15. The van der Waals surface area contributed by atoms with Crippen LogP contribution in [0.4, 0.5) is 4.39 Å². The number of hydrogen-bond acceptors (Lipinski definition) is 2. The molecule has 0 heterocycles. The molecule has 0 bridgehead atoms. The molecule has 1 N–H and O–H groups in total. The third-order valence-corrected chi connectivity index (χ3v) is 3.45. The zero-order valence-electron chi connectivity index (χ0n) is 9.42. The van der Waals surface area contributed by atoms with Crippen LogP contribution in [0.25, 0.3) is 0 Å². The molecule has 1 rings (SSSR count). The molecule has 0 spiro atoms. The van der Waals surface area contributed by atoms with E-state index in [0.717, 1.165) is 22.5 Å². The van der Waals surface area contributed by atoms with E-state index in [1.165, 1.54) is 6.07 Å². The molecule has 0 fully saturated rings. The standard InChI is InChI=1S/C12H15BrFNS.ClH/c1-2-6-16-7-5-15-9-10-3-4-11(13)8-12(10)14;/h2-4,8,15H,1,5-7,9H2;1H. The minimum atomic E-state index is -0.166. The van der Waals surface area contributed by atoms with E-state index < -0.39 is 0 Å². The van der Waals surface area contributed by atoms with E-state index >= 15 is 0 Å². The van der Waals surface area contributed by atoms with Gasteiger partial charge in [0.15, 0.2) is 0 Å². The SMILES string of the molecule is C=CCSCCNCc1ccc(Br)cc1F.Cl. The van der Waals surface area contributed by atoms with Crippen molar-refractivity contribution in [3.8, 4) is 0 Å². The molecule has 0 saturated heterocycles. The molecule has 0 aliphatic rings. The van der Waals surface area contributed by atoms with E-state index in [0.29, 0.717) is 12.1 Å². The summed E-state index contributed by atoms with van der Waals surface area (Å²) in [6.45, 7) is 5.11. The van der Waals surface area contributed by atoms with Gasteiger partial charge in [-0.25, -0.2) is 4.39 Å². The van der Waals surface area contributed by atoms with Gasteiger partial charge >= 0.3 is 0 Å². The molecular formula is C12H16BrClFNS. The average molecular weight is 341 g/mol. The second-order valence-electron chi connectivity index (χ2n) is 3.28. The molecule has 1 aromatic rings. The maximum atomic E-state index is 13.4. The van der Waals surface area contributed by atoms with Crippen LogP contribution in [-0.4, -0.2) is 18.1 Å². The quantitative estimate of drug-likeness (QED) is 0.594. The topological polar surface area (TPSA) is 12.0 Å². The molecule has 5 heteroatoms. The summed E-state index contributed by atoms with van der Waals surface area (Å²) < 4.78 is 14.2. The van der Waals surface area contributed by atoms with Crippen LogP contribution in [0, 0.1) is 5.82 Å². The zero-order valence-corrected chi connectivity index (χ0v) is 12.6. The number of rotatable bonds is 7. The van der Waals surface area contributed by atoms with Gasteiger partial charge < -0.3 is 5.32 Å². The van der Waals surface area contributed by atoms with Crippen molar-refractivity contribution in [1.29, 1.82) is 0 Å². The lowest BCUT2D eigenvalue weighted by Gasteiger charge is -2.05. The zero-order chi connectivity index (χ0) is 11.8. The summed E-state index contributed by atoms with van der Waals surface area (Å²) in [5.74, 6) is 1.82. The Morgan fingerprint density at radius 3 is 2.88 bits per heavy atom. The molecule has 96 valence electrons. The Kier molecular flexibility index (Phi) is 9.93. The predicted octanol–water partition coefficient (Wildman–Crippen LogP) is 4.02. The molecule has 0 aliphatic heterocycles. The Morgan fingerprint density at radius 1 is 1.47 bits per heavy atom. The van der Waals surface area contributed by atoms with Crippen LogP contribution in [0.3, 0.4) is 0 Å². The van der Waals surface area contributed by atoms with E-state index in [2.05, 4.69) is 27.8 Å². The number of hydrogen-bond donors (Lipinski definition) is 1. The van der Waals surface area contributed by atoms with Crippen molar-refractivity contribution < 1.29 is 4.39 Å². The minimum Gasteiger partial charge on any atom is -0.312 e. The third kappa shape index (κ3) is 7.09. The number of benzene rings is 1. The second-order valence-corrected chi connectivity index (χ2v) is 5.34. The molecule has 0 atom stereocenters. The molecule has 0 aromatic heterocycles. The lowest BCUT2D eigenvalue weighted by Crippen LogP contribution is -2.17. The summed E-state index contributed by atoms with van der Waals surface area (Å²) in [5, 5.41) is 3.21. The second kappa shape index (κ2) is 9.95. The van der Waals surface area contributed by atoms with Gasteiger partial charge in [-0.15, -0.1) is 19.0 Å². The lowest BCUT2D eigenvalue weighted by molar-refractivity contribution is 0.593. The Labute approximate surface area is 121 Å². The molecular weight excluding hydrogens is 325 g/mol. The van der Waals surface area contributed by atoms with Crippen LogP contribution in [0.2, 0.25) is 0 Å².